The first kappa shape index (κ1) is 30.4. The van der Waals surface area contributed by atoms with Gasteiger partial charge < -0.3 is 10.1 Å². The third-order valence-corrected chi connectivity index (χ3v) is 4.62. The first-order valence-electron chi connectivity index (χ1n) is 12.3. The fraction of sp³-hybridized carbons (Fsp3) is 0.517. The first-order chi connectivity index (χ1) is 16.1. The molecule has 0 saturated carbocycles. The van der Waals surface area contributed by atoms with E-state index in [1.165, 1.54) is 0 Å². The Kier molecular flexibility index (Phi) is 22.1. The topological polar surface area (TPSA) is 55.4 Å². The minimum absolute atomic E-state index is 0.00493. The lowest BCUT2D eigenvalue weighted by molar-refractivity contribution is -0.131. The number of hydrogen-bond acceptors (Lipinski definition) is 3. The largest absolute Gasteiger partial charge is 0.466 e. The number of carbonyl (C=O) groups is 2. The summed E-state index contributed by atoms with van der Waals surface area (Å²) in [4.78, 5) is 22.4. The van der Waals surface area contributed by atoms with Gasteiger partial charge in [-0.15, -0.1) is 0 Å². The molecule has 0 aliphatic rings. The Bertz CT molecular complexity index is 654. The van der Waals surface area contributed by atoms with Crippen molar-refractivity contribution < 1.29 is 14.3 Å². The van der Waals surface area contributed by atoms with Gasteiger partial charge in [0.1, 0.15) is 6.61 Å². The molecule has 1 atom stereocenters. The Morgan fingerprint density at radius 2 is 1.21 bits per heavy atom. The maximum atomic E-state index is 12.1. The standard InChI is InChI=1S/C29H45NO3/c1-4-5-6-7-8-9-10-11-12-13-14-15-16-17-18-19-20-21-22-23-29(32)30-28(24-27(2)3)25-33-26-31/h5-6,8-9,11-12,14-15,17-18,20-21,26-28H,4,7,10,13,16,19,22-25H2,1-3H3,(H,30,32)/b6-5-,9-8-,12-11-,15-14-,18-17-,21-20-. The smallest absolute Gasteiger partial charge is 0.293 e. The number of hydrogen-bond donors (Lipinski definition) is 1. The maximum Gasteiger partial charge on any atom is 0.293 e. The molecule has 0 rings (SSSR count). The van der Waals surface area contributed by atoms with E-state index in [1.54, 1.807) is 0 Å². The van der Waals surface area contributed by atoms with E-state index in [1.807, 2.05) is 6.08 Å². The van der Waals surface area contributed by atoms with Gasteiger partial charge in [-0.3, -0.25) is 9.59 Å². The number of carbonyl (C=O) groups excluding carboxylic acids is 2. The second kappa shape index (κ2) is 24.0. The Balaban J connectivity index is 3.81. The third-order valence-electron chi connectivity index (χ3n) is 4.62. The van der Waals surface area contributed by atoms with E-state index in [4.69, 9.17) is 4.74 Å². The van der Waals surface area contributed by atoms with E-state index < -0.39 is 0 Å². The van der Waals surface area contributed by atoms with Crippen LogP contribution in [0.25, 0.3) is 0 Å². The van der Waals surface area contributed by atoms with Gasteiger partial charge in [0.25, 0.3) is 6.47 Å². The molecule has 0 aliphatic heterocycles. The van der Waals surface area contributed by atoms with Crippen molar-refractivity contribution in [1.29, 1.82) is 0 Å². The Labute approximate surface area is 202 Å². The molecule has 1 amide bonds. The van der Waals surface area contributed by atoms with Crippen LogP contribution in [0.3, 0.4) is 0 Å². The fourth-order valence-corrected chi connectivity index (χ4v) is 3.05. The van der Waals surface area contributed by atoms with Crippen LogP contribution in [0.1, 0.15) is 78.6 Å². The van der Waals surface area contributed by atoms with E-state index in [9.17, 15) is 9.59 Å². The molecule has 184 valence electrons. The monoisotopic (exact) mass is 455 g/mol. The average molecular weight is 456 g/mol. The van der Waals surface area contributed by atoms with Crippen molar-refractivity contribution in [2.75, 3.05) is 6.61 Å². The van der Waals surface area contributed by atoms with E-state index in [-0.39, 0.29) is 18.6 Å². The summed E-state index contributed by atoms with van der Waals surface area (Å²) in [6.45, 7) is 6.97. The quantitative estimate of drug-likeness (QED) is 0.156. The van der Waals surface area contributed by atoms with Gasteiger partial charge in [0.05, 0.1) is 6.04 Å². The van der Waals surface area contributed by atoms with Crippen LogP contribution in [0, 0.1) is 5.92 Å². The maximum absolute atomic E-state index is 12.1. The van der Waals surface area contributed by atoms with Crippen molar-refractivity contribution in [3.63, 3.8) is 0 Å². The molecule has 0 radical (unpaired) electrons. The molecule has 0 spiro atoms. The molecular formula is C29H45NO3. The lowest BCUT2D eigenvalue weighted by atomic mass is 10.0. The zero-order valence-corrected chi connectivity index (χ0v) is 21.0. The van der Waals surface area contributed by atoms with Gasteiger partial charge >= 0.3 is 0 Å². The first-order valence-corrected chi connectivity index (χ1v) is 12.3. The van der Waals surface area contributed by atoms with Gasteiger partial charge in [0.15, 0.2) is 0 Å². The van der Waals surface area contributed by atoms with Gasteiger partial charge in [-0.25, -0.2) is 0 Å². The van der Waals surface area contributed by atoms with Crippen molar-refractivity contribution in [2.45, 2.75) is 84.6 Å². The predicted molar refractivity (Wildman–Crippen MR) is 141 cm³/mol. The van der Waals surface area contributed by atoms with Crippen LogP contribution in [0.2, 0.25) is 0 Å². The number of rotatable bonds is 20. The summed E-state index contributed by atoms with van der Waals surface area (Å²) in [5.74, 6) is 0.420. The highest BCUT2D eigenvalue weighted by molar-refractivity contribution is 5.76. The van der Waals surface area contributed by atoms with Crippen molar-refractivity contribution in [3.8, 4) is 0 Å². The number of nitrogens with one attached hydrogen (secondary N) is 1. The van der Waals surface area contributed by atoms with Crippen molar-refractivity contribution in [2.24, 2.45) is 5.92 Å². The minimum Gasteiger partial charge on any atom is -0.466 e. The molecule has 1 N–H and O–H groups in total. The van der Waals surface area contributed by atoms with Crippen molar-refractivity contribution >= 4 is 12.4 Å². The summed E-state index contributed by atoms with van der Waals surface area (Å²) in [6.07, 6.45) is 33.9. The van der Waals surface area contributed by atoms with Crippen LogP contribution in [-0.2, 0) is 14.3 Å². The molecule has 33 heavy (non-hydrogen) atoms. The second-order valence-corrected chi connectivity index (χ2v) is 8.28. The fourth-order valence-electron chi connectivity index (χ4n) is 3.05. The van der Waals surface area contributed by atoms with Crippen LogP contribution >= 0.6 is 0 Å². The number of ether oxygens (including phenoxy) is 1. The number of allylic oxidation sites excluding steroid dienone is 12. The van der Waals surface area contributed by atoms with Crippen LogP contribution in [0.5, 0.6) is 0 Å². The van der Waals surface area contributed by atoms with E-state index in [0.29, 0.717) is 25.2 Å². The molecule has 0 bridgehead atoms. The summed E-state index contributed by atoms with van der Waals surface area (Å²) in [7, 11) is 0. The number of amides is 1. The van der Waals surface area contributed by atoms with E-state index in [2.05, 4.69) is 92.9 Å². The van der Waals surface area contributed by atoms with Crippen LogP contribution in [0.15, 0.2) is 72.9 Å². The lowest BCUT2D eigenvalue weighted by Crippen LogP contribution is -2.39. The summed E-state index contributed by atoms with van der Waals surface area (Å²) >= 11 is 0. The van der Waals surface area contributed by atoms with E-state index in [0.717, 1.165) is 44.9 Å². The Morgan fingerprint density at radius 3 is 1.64 bits per heavy atom. The molecule has 0 fully saturated rings. The molecule has 0 aromatic heterocycles. The molecule has 4 heteroatoms. The lowest BCUT2D eigenvalue weighted by Gasteiger charge is -2.19. The molecule has 0 aromatic rings. The highest BCUT2D eigenvalue weighted by atomic mass is 16.5. The van der Waals surface area contributed by atoms with E-state index >= 15 is 0 Å². The summed E-state index contributed by atoms with van der Waals surface area (Å²) < 4.78 is 4.81. The highest BCUT2D eigenvalue weighted by Crippen LogP contribution is 2.06. The predicted octanol–water partition coefficient (Wildman–Crippen LogP) is 7.17. The van der Waals surface area contributed by atoms with Crippen LogP contribution in [-0.4, -0.2) is 25.0 Å². The average Bonchev–Trinajstić information content (AvgIpc) is 2.78. The molecular weight excluding hydrogens is 410 g/mol. The van der Waals surface area contributed by atoms with Crippen LogP contribution < -0.4 is 5.32 Å². The van der Waals surface area contributed by atoms with Crippen LogP contribution in [0.4, 0.5) is 0 Å². The summed E-state index contributed by atoms with van der Waals surface area (Å²) in [5, 5.41) is 2.95. The van der Waals surface area contributed by atoms with Crippen molar-refractivity contribution in [3.05, 3.63) is 72.9 Å². The summed E-state index contributed by atoms with van der Waals surface area (Å²) in [6, 6.07) is -0.118. The van der Waals surface area contributed by atoms with Crippen molar-refractivity contribution in [1.82, 2.24) is 5.32 Å². The summed E-state index contributed by atoms with van der Waals surface area (Å²) in [5.41, 5.74) is 0. The molecule has 0 saturated heterocycles. The SMILES string of the molecule is CC/C=C\C/C=C\C/C=C\C/C=C\C/C=C\C/C=C\CCC(=O)NC(COC=O)CC(C)C. The van der Waals surface area contributed by atoms with Gasteiger partial charge in [0, 0.05) is 6.42 Å². The zero-order valence-electron chi connectivity index (χ0n) is 21.0. The highest BCUT2D eigenvalue weighted by Gasteiger charge is 2.14. The van der Waals surface area contributed by atoms with Gasteiger partial charge in [-0.2, -0.15) is 0 Å². The third kappa shape index (κ3) is 23.9. The van der Waals surface area contributed by atoms with Gasteiger partial charge in [-0.05, 0) is 57.3 Å². The molecule has 0 aromatic carbocycles. The Morgan fingerprint density at radius 1 is 0.758 bits per heavy atom. The molecule has 1 unspecified atom stereocenters. The minimum atomic E-state index is -0.118. The van der Waals surface area contributed by atoms with Gasteiger partial charge in [0.2, 0.25) is 5.91 Å². The zero-order chi connectivity index (χ0) is 24.4. The molecule has 0 heterocycles. The molecule has 4 nitrogen and oxygen atoms in total. The van der Waals surface area contributed by atoms with Gasteiger partial charge in [-0.1, -0.05) is 93.7 Å². The second-order valence-electron chi connectivity index (χ2n) is 8.28. The normalized spacial score (nSPS) is 13.6. The molecule has 0 aliphatic carbocycles. The Hall–Kier alpha value is -2.62.